The zero-order valence-electron chi connectivity index (χ0n) is 14.3. The molecular formula is C22H15NO4. The highest BCUT2D eigenvalue weighted by molar-refractivity contribution is 5.99. The Hall–Kier alpha value is -3.73. The van der Waals surface area contributed by atoms with Crippen molar-refractivity contribution in [1.29, 1.82) is 0 Å². The number of carbonyl (C=O) groups excluding carboxylic acids is 2. The first-order valence-electron chi connectivity index (χ1n) is 8.41. The molecule has 0 N–H and O–H groups in total. The molecule has 0 unspecified atom stereocenters. The van der Waals surface area contributed by atoms with Crippen LogP contribution in [0.15, 0.2) is 77.2 Å². The quantitative estimate of drug-likeness (QED) is 0.300. The molecule has 2 aromatic heterocycles. The minimum absolute atomic E-state index is 0.171. The summed E-state index contributed by atoms with van der Waals surface area (Å²) in [6.45, 7) is -0.381. The van der Waals surface area contributed by atoms with Crippen molar-refractivity contribution in [1.82, 2.24) is 4.98 Å². The van der Waals surface area contributed by atoms with Crippen LogP contribution >= 0.6 is 0 Å². The van der Waals surface area contributed by atoms with E-state index in [-0.39, 0.29) is 12.4 Å². The van der Waals surface area contributed by atoms with Gasteiger partial charge in [-0.25, -0.2) is 9.78 Å². The minimum atomic E-state index is -0.616. The lowest BCUT2D eigenvalue weighted by Crippen LogP contribution is -2.11. The van der Waals surface area contributed by atoms with Gasteiger partial charge in [-0.2, -0.15) is 0 Å². The molecule has 0 saturated heterocycles. The van der Waals surface area contributed by atoms with Crippen molar-refractivity contribution >= 4 is 39.7 Å². The number of nitrogens with zero attached hydrogens (tertiary/aromatic N) is 1. The highest BCUT2D eigenvalue weighted by atomic mass is 16.5. The number of esters is 1. The lowest BCUT2D eigenvalue weighted by Gasteiger charge is -2.00. The molecule has 2 heterocycles. The molecule has 0 fully saturated rings. The summed E-state index contributed by atoms with van der Waals surface area (Å²) in [5.74, 6) is -0.838. The van der Waals surface area contributed by atoms with Crippen molar-refractivity contribution in [3.63, 3.8) is 0 Å². The topological polar surface area (TPSA) is 69.4 Å². The van der Waals surface area contributed by atoms with Crippen LogP contribution in [0.5, 0.6) is 0 Å². The van der Waals surface area contributed by atoms with Gasteiger partial charge in [-0.3, -0.25) is 4.79 Å². The first-order valence-corrected chi connectivity index (χ1v) is 8.41. The molecule has 0 radical (unpaired) electrons. The number of para-hydroxylation sites is 2. The predicted molar refractivity (Wildman–Crippen MR) is 102 cm³/mol. The summed E-state index contributed by atoms with van der Waals surface area (Å²) in [6.07, 6.45) is 2.81. The Morgan fingerprint density at radius 3 is 2.59 bits per heavy atom. The first-order chi connectivity index (χ1) is 13.2. The molecule has 132 valence electrons. The Bertz CT molecular complexity index is 1140. The molecule has 0 aliphatic heterocycles. The molecule has 5 heteroatoms. The first kappa shape index (κ1) is 16.7. The van der Waals surface area contributed by atoms with Crippen molar-refractivity contribution in [3.05, 3.63) is 84.3 Å². The Morgan fingerprint density at radius 1 is 0.963 bits per heavy atom. The minimum Gasteiger partial charge on any atom is -0.454 e. The normalized spacial score (nSPS) is 11.3. The molecule has 0 aliphatic rings. The number of furan rings is 1. The van der Waals surface area contributed by atoms with Gasteiger partial charge in [-0.1, -0.05) is 42.5 Å². The lowest BCUT2D eigenvalue weighted by atomic mass is 10.2. The van der Waals surface area contributed by atoms with Crippen molar-refractivity contribution in [2.75, 3.05) is 6.61 Å². The molecular weight excluding hydrogens is 342 g/mol. The van der Waals surface area contributed by atoms with Crippen LogP contribution in [0, 0.1) is 0 Å². The van der Waals surface area contributed by atoms with Crippen LogP contribution in [0.2, 0.25) is 0 Å². The van der Waals surface area contributed by atoms with E-state index in [1.807, 2.05) is 54.6 Å². The van der Waals surface area contributed by atoms with Crippen LogP contribution in [0.3, 0.4) is 0 Å². The maximum Gasteiger partial charge on any atom is 0.331 e. The third-order valence-corrected chi connectivity index (χ3v) is 4.06. The number of ether oxygens (including phenoxy) is 1. The summed E-state index contributed by atoms with van der Waals surface area (Å²) < 4.78 is 10.5. The number of Topliss-reactive ketones (excluding diaryl/α,β-unsaturated/α-hetero) is 1. The SMILES string of the molecule is O=C(C=Cc1ccc2ccccc2n1)OCC(=O)c1cc2ccccc2o1. The van der Waals surface area contributed by atoms with Gasteiger partial charge < -0.3 is 9.15 Å². The molecule has 4 aromatic rings. The Morgan fingerprint density at radius 2 is 1.74 bits per heavy atom. The summed E-state index contributed by atoms with van der Waals surface area (Å²) in [5, 5.41) is 1.85. The third kappa shape index (κ3) is 3.77. The van der Waals surface area contributed by atoms with E-state index in [2.05, 4.69) is 4.98 Å². The van der Waals surface area contributed by atoms with E-state index in [0.29, 0.717) is 11.3 Å². The molecule has 27 heavy (non-hydrogen) atoms. The van der Waals surface area contributed by atoms with Crippen LogP contribution in [0.1, 0.15) is 16.2 Å². The highest BCUT2D eigenvalue weighted by Gasteiger charge is 2.13. The van der Waals surface area contributed by atoms with Crippen LogP contribution < -0.4 is 0 Å². The average Bonchev–Trinajstić information content (AvgIpc) is 3.14. The maximum absolute atomic E-state index is 12.1. The fourth-order valence-electron chi connectivity index (χ4n) is 2.70. The molecule has 0 aliphatic carbocycles. The van der Waals surface area contributed by atoms with Gasteiger partial charge in [0.25, 0.3) is 0 Å². The molecule has 4 rings (SSSR count). The second kappa shape index (κ2) is 7.25. The van der Waals surface area contributed by atoms with Crippen LogP contribution in [-0.4, -0.2) is 23.3 Å². The van der Waals surface area contributed by atoms with Gasteiger partial charge in [0, 0.05) is 16.8 Å². The zero-order chi connectivity index (χ0) is 18.6. The van der Waals surface area contributed by atoms with Crippen molar-refractivity contribution in [2.24, 2.45) is 0 Å². The smallest absolute Gasteiger partial charge is 0.331 e. The third-order valence-electron chi connectivity index (χ3n) is 4.06. The number of ketones is 1. The molecule has 0 amide bonds. The van der Waals surface area contributed by atoms with Gasteiger partial charge >= 0.3 is 5.97 Å². The second-order valence-electron chi connectivity index (χ2n) is 5.94. The van der Waals surface area contributed by atoms with E-state index in [9.17, 15) is 9.59 Å². The number of rotatable bonds is 5. The number of benzene rings is 2. The predicted octanol–water partition coefficient (Wildman–Crippen LogP) is 4.42. The molecule has 5 nitrogen and oxygen atoms in total. The summed E-state index contributed by atoms with van der Waals surface area (Å²) in [7, 11) is 0. The van der Waals surface area contributed by atoms with Gasteiger partial charge in [0.2, 0.25) is 5.78 Å². The van der Waals surface area contributed by atoms with Gasteiger partial charge in [0.1, 0.15) is 5.58 Å². The number of pyridine rings is 1. The van der Waals surface area contributed by atoms with Gasteiger partial charge in [-0.15, -0.1) is 0 Å². The fraction of sp³-hybridized carbons (Fsp3) is 0.0455. The summed E-state index contributed by atoms with van der Waals surface area (Å²) in [5.41, 5.74) is 2.09. The number of aromatic nitrogens is 1. The summed E-state index contributed by atoms with van der Waals surface area (Å²) in [4.78, 5) is 28.4. The zero-order valence-corrected chi connectivity index (χ0v) is 14.3. The van der Waals surface area contributed by atoms with Crippen molar-refractivity contribution in [3.8, 4) is 0 Å². The van der Waals surface area contributed by atoms with E-state index < -0.39 is 11.8 Å². The van der Waals surface area contributed by atoms with Crippen molar-refractivity contribution < 1.29 is 18.7 Å². The maximum atomic E-state index is 12.1. The van der Waals surface area contributed by atoms with E-state index in [1.165, 1.54) is 6.08 Å². The van der Waals surface area contributed by atoms with Gasteiger partial charge in [-0.05, 0) is 30.3 Å². The van der Waals surface area contributed by atoms with Crippen molar-refractivity contribution in [2.45, 2.75) is 0 Å². The summed E-state index contributed by atoms with van der Waals surface area (Å²) in [6, 6.07) is 20.4. The fourth-order valence-corrected chi connectivity index (χ4v) is 2.70. The molecule has 0 atom stereocenters. The van der Waals surface area contributed by atoms with E-state index >= 15 is 0 Å². The largest absolute Gasteiger partial charge is 0.454 e. The highest BCUT2D eigenvalue weighted by Crippen LogP contribution is 2.19. The standard InChI is InChI=1S/C22H15NO4/c24-19(21-13-16-6-2-4-8-20(16)27-21)14-26-22(25)12-11-17-10-9-15-5-1-3-7-18(15)23-17/h1-13H,14H2. The number of hydrogen-bond acceptors (Lipinski definition) is 5. The Balaban J connectivity index is 1.38. The molecule has 0 bridgehead atoms. The molecule has 0 saturated carbocycles. The molecule has 2 aromatic carbocycles. The van der Waals surface area contributed by atoms with E-state index in [4.69, 9.17) is 9.15 Å². The van der Waals surface area contributed by atoms with E-state index in [1.54, 1.807) is 18.2 Å². The van der Waals surface area contributed by atoms with Crippen LogP contribution in [0.4, 0.5) is 0 Å². The number of hydrogen-bond donors (Lipinski definition) is 0. The van der Waals surface area contributed by atoms with Gasteiger partial charge in [0.05, 0.1) is 11.2 Å². The lowest BCUT2D eigenvalue weighted by molar-refractivity contribution is -0.136. The van der Waals surface area contributed by atoms with E-state index in [0.717, 1.165) is 16.3 Å². The Kier molecular flexibility index (Phi) is 4.49. The van der Waals surface area contributed by atoms with Gasteiger partial charge in [0.15, 0.2) is 12.4 Å². The monoisotopic (exact) mass is 357 g/mol. The number of fused-ring (bicyclic) bond motifs is 2. The second-order valence-corrected chi connectivity index (χ2v) is 5.94. The Labute approximate surface area is 154 Å². The molecule has 0 spiro atoms. The average molecular weight is 357 g/mol. The number of carbonyl (C=O) groups is 2. The van der Waals surface area contributed by atoms with Crippen LogP contribution in [0.25, 0.3) is 27.9 Å². The van der Waals surface area contributed by atoms with Crippen LogP contribution in [-0.2, 0) is 9.53 Å². The summed E-state index contributed by atoms with van der Waals surface area (Å²) >= 11 is 0.